The van der Waals surface area contributed by atoms with Crippen molar-refractivity contribution in [3.05, 3.63) is 71.8 Å². The van der Waals surface area contributed by atoms with Crippen molar-refractivity contribution in [2.45, 2.75) is 50.7 Å². The Morgan fingerprint density at radius 2 is 1.62 bits per heavy atom. The lowest BCUT2D eigenvalue weighted by Crippen LogP contribution is -2.53. The van der Waals surface area contributed by atoms with E-state index >= 15 is 0 Å². The first-order chi connectivity index (χ1) is 13.8. The minimum Gasteiger partial charge on any atom is -0.445 e. The summed E-state index contributed by atoms with van der Waals surface area (Å²) in [4.78, 5) is 11.9. The van der Waals surface area contributed by atoms with Crippen LogP contribution in [0.5, 0.6) is 0 Å². The zero-order valence-corrected chi connectivity index (χ0v) is 18.8. The molecule has 5 nitrogen and oxygen atoms in total. The lowest BCUT2D eigenvalue weighted by Gasteiger charge is -2.44. The molecule has 3 rings (SSSR count). The summed E-state index contributed by atoms with van der Waals surface area (Å²) in [6.07, 6.45) is 0.130. The maximum Gasteiger partial charge on any atom is 0.407 e. The minimum absolute atomic E-state index is 0.0153. The van der Waals surface area contributed by atoms with E-state index in [0.717, 1.165) is 11.1 Å². The van der Waals surface area contributed by atoms with E-state index in [-0.39, 0.29) is 18.2 Å². The highest BCUT2D eigenvalue weighted by Crippen LogP contribution is 2.42. The molecule has 0 aromatic heterocycles. The standard InChI is InChI=1S/C23H32N2O3Si/c1-5-24-22(26)27-20-16-21(25-17-20)23(28-29(2,3)4,18-12-8-6-9-13-18)19-14-10-7-11-15-19/h6-15,20-21,25H,5,16-17H2,1-4H3,(H,24,26). The Kier molecular flexibility index (Phi) is 6.77. The second kappa shape index (κ2) is 9.11. The van der Waals surface area contributed by atoms with Crippen LogP contribution in [-0.2, 0) is 14.8 Å². The maximum atomic E-state index is 11.9. The van der Waals surface area contributed by atoms with Crippen LogP contribution in [0.25, 0.3) is 0 Å². The summed E-state index contributed by atoms with van der Waals surface area (Å²) in [7, 11) is -1.95. The fourth-order valence-corrected chi connectivity index (χ4v) is 5.40. The molecule has 2 aromatic carbocycles. The van der Waals surface area contributed by atoms with Crippen LogP contribution in [0.2, 0.25) is 19.6 Å². The number of benzene rings is 2. The number of alkyl carbamates (subject to hydrolysis) is 1. The Morgan fingerprint density at radius 3 is 2.10 bits per heavy atom. The van der Waals surface area contributed by atoms with Gasteiger partial charge in [-0.2, -0.15) is 0 Å². The van der Waals surface area contributed by atoms with E-state index in [0.29, 0.717) is 19.5 Å². The molecule has 6 heteroatoms. The van der Waals surface area contributed by atoms with Crippen LogP contribution in [0, 0.1) is 0 Å². The first-order valence-electron chi connectivity index (χ1n) is 10.3. The highest BCUT2D eigenvalue weighted by atomic mass is 28.4. The molecule has 1 aliphatic heterocycles. The fourth-order valence-electron chi connectivity index (χ4n) is 4.05. The van der Waals surface area contributed by atoms with Gasteiger partial charge in [0, 0.05) is 25.6 Å². The SMILES string of the molecule is CCNC(=O)OC1CNC(C(O[Si](C)(C)C)(c2ccccc2)c2ccccc2)C1. The van der Waals surface area contributed by atoms with Gasteiger partial charge in [-0.1, -0.05) is 60.7 Å². The molecule has 0 spiro atoms. The number of carbonyl (C=O) groups excluding carboxylic acids is 1. The van der Waals surface area contributed by atoms with Crippen LogP contribution < -0.4 is 10.6 Å². The maximum absolute atomic E-state index is 11.9. The zero-order chi connectivity index (χ0) is 20.9. The topological polar surface area (TPSA) is 59.6 Å². The Hall–Kier alpha value is -2.15. The number of hydrogen-bond acceptors (Lipinski definition) is 4. The number of hydrogen-bond donors (Lipinski definition) is 2. The molecule has 2 N–H and O–H groups in total. The quantitative estimate of drug-likeness (QED) is 0.667. The molecule has 0 aliphatic carbocycles. The van der Waals surface area contributed by atoms with Gasteiger partial charge >= 0.3 is 6.09 Å². The lowest BCUT2D eigenvalue weighted by molar-refractivity contribution is 0.0545. The molecule has 1 saturated heterocycles. The van der Waals surface area contributed by atoms with Crippen molar-refractivity contribution in [1.82, 2.24) is 10.6 Å². The number of nitrogens with one attached hydrogen (secondary N) is 2. The highest BCUT2D eigenvalue weighted by molar-refractivity contribution is 6.69. The number of amides is 1. The smallest absolute Gasteiger partial charge is 0.407 e. The lowest BCUT2D eigenvalue weighted by atomic mass is 9.79. The summed E-state index contributed by atoms with van der Waals surface area (Å²) in [5, 5.41) is 6.32. The van der Waals surface area contributed by atoms with Crippen molar-refractivity contribution in [2.24, 2.45) is 0 Å². The normalized spacial score (nSPS) is 19.7. The Labute approximate surface area is 174 Å². The van der Waals surface area contributed by atoms with Crippen molar-refractivity contribution < 1.29 is 14.0 Å². The van der Waals surface area contributed by atoms with E-state index in [9.17, 15) is 4.79 Å². The van der Waals surface area contributed by atoms with Gasteiger partial charge in [-0.05, 0) is 37.7 Å². The third-order valence-electron chi connectivity index (χ3n) is 5.05. The monoisotopic (exact) mass is 412 g/mol. The zero-order valence-electron chi connectivity index (χ0n) is 17.8. The Balaban J connectivity index is 2.02. The third kappa shape index (κ3) is 5.07. The molecule has 0 saturated carbocycles. The molecular formula is C23H32N2O3Si. The first kappa shape index (κ1) is 21.6. The van der Waals surface area contributed by atoms with E-state index in [1.165, 1.54) is 0 Å². The Bertz CT molecular complexity index is 753. The van der Waals surface area contributed by atoms with E-state index in [1.807, 2.05) is 19.1 Å². The molecule has 1 amide bonds. The molecule has 1 aliphatic rings. The largest absolute Gasteiger partial charge is 0.445 e. The van der Waals surface area contributed by atoms with Crippen LogP contribution in [0.1, 0.15) is 24.5 Å². The predicted molar refractivity (Wildman–Crippen MR) is 118 cm³/mol. The molecule has 1 fully saturated rings. The van der Waals surface area contributed by atoms with Gasteiger partial charge in [0.15, 0.2) is 8.32 Å². The van der Waals surface area contributed by atoms with Crippen LogP contribution >= 0.6 is 0 Å². The van der Waals surface area contributed by atoms with Crippen molar-refractivity contribution in [1.29, 1.82) is 0 Å². The number of ether oxygens (including phenoxy) is 1. The molecule has 0 radical (unpaired) electrons. The molecule has 29 heavy (non-hydrogen) atoms. The average Bonchev–Trinajstić information content (AvgIpc) is 3.15. The van der Waals surface area contributed by atoms with E-state index < -0.39 is 13.9 Å². The summed E-state index contributed by atoms with van der Waals surface area (Å²) in [5.74, 6) is 0. The molecule has 0 bridgehead atoms. The van der Waals surface area contributed by atoms with Crippen LogP contribution in [-0.4, -0.2) is 39.6 Å². The molecule has 1 heterocycles. The summed E-state index contributed by atoms with van der Waals surface area (Å²) in [6.45, 7) is 9.69. The molecule has 156 valence electrons. The van der Waals surface area contributed by atoms with E-state index in [2.05, 4.69) is 78.8 Å². The molecule has 2 aromatic rings. The molecule has 2 atom stereocenters. The highest BCUT2D eigenvalue weighted by Gasteiger charge is 2.49. The molecular weight excluding hydrogens is 380 g/mol. The fraction of sp³-hybridized carbons (Fsp3) is 0.435. The van der Waals surface area contributed by atoms with Crippen molar-refractivity contribution in [2.75, 3.05) is 13.1 Å². The van der Waals surface area contributed by atoms with Gasteiger partial charge in [-0.15, -0.1) is 0 Å². The predicted octanol–water partition coefficient (Wildman–Crippen LogP) is 4.26. The Morgan fingerprint density at radius 1 is 1.07 bits per heavy atom. The van der Waals surface area contributed by atoms with E-state index in [1.54, 1.807) is 0 Å². The van der Waals surface area contributed by atoms with Crippen molar-refractivity contribution >= 4 is 14.4 Å². The number of rotatable bonds is 7. The summed E-state index contributed by atoms with van der Waals surface area (Å²) >= 11 is 0. The summed E-state index contributed by atoms with van der Waals surface area (Å²) in [6, 6.07) is 20.8. The average molecular weight is 413 g/mol. The summed E-state index contributed by atoms with van der Waals surface area (Å²) in [5.41, 5.74) is 1.58. The van der Waals surface area contributed by atoms with Gasteiger partial charge in [0.05, 0.1) is 0 Å². The second-order valence-electron chi connectivity index (χ2n) is 8.44. The van der Waals surface area contributed by atoms with Crippen molar-refractivity contribution in [3.8, 4) is 0 Å². The van der Waals surface area contributed by atoms with Gasteiger partial charge in [-0.25, -0.2) is 4.79 Å². The van der Waals surface area contributed by atoms with Gasteiger partial charge in [0.2, 0.25) is 0 Å². The first-order valence-corrected chi connectivity index (χ1v) is 13.7. The second-order valence-corrected chi connectivity index (χ2v) is 12.9. The van der Waals surface area contributed by atoms with Gasteiger partial charge < -0.3 is 19.8 Å². The van der Waals surface area contributed by atoms with Crippen molar-refractivity contribution in [3.63, 3.8) is 0 Å². The van der Waals surface area contributed by atoms with Crippen LogP contribution in [0.4, 0.5) is 4.79 Å². The van der Waals surface area contributed by atoms with Crippen LogP contribution in [0.15, 0.2) is 60.7 Å². The summed E-state index contributed by atoms with van der Waals surface area (Å²) < 4.78 is 12.6. The number of carbonyl (C=O) groups is 1. The molecule has 2 unspecified atom stereocenters. The third-order valence-corrected chi connectivity index (χ3v) is 5.98. The van der Waals surface area contributed by atoms with Gasteiger partial charge in [0.1, 0.15) is 11.7 Å². The van der Waals surface area contributed by atoms with Gasteiger partial charge in [0.25, 0.3) is 0 Å². The van der Waals surface area contributed by atoms with E-state index in [4.69, 9.17) is 9.16 Å². The van der Waals surface area contributed by atoms with Gasteiger partial charge in [-0.3, -0.25) is 0 Å². The minimum atomic E-state index is -1.95. The van der Waals surface area contributed by atoms with Crippen LogP contribution in [0.3, 0.4) is 0 Å².